The molecule has 1 nitrogen and oxygen atoms in total. The molecule has 0 aliphatic rings. The second-order valence-corrected chi connectivity index (χ2v) is 13.2. The van der Waals surface area contributed by atoms with Gasteiger partial charge >= 0.3 is 0 Å². The average Bonchev–Trinajstić information content (AvgIpc) is 3.66. The van der Waals surface area contributed by atoms with Crippen molar-refractivity contribution in [3.63, 3.8) is 0 Å². The van der Waals surface area contributed by atoms with Crippen molar-refractivity contribution in [2.45, 2.75) is 0 Å². The van der Waals surface area contributed by atoms with Crippen LogP contribution in [0.5, 0.6) is 0 Å². The summed E-state index contributed by atoms with van der Waals surface area (Å²) in [6.45, 7) is 0. The molecule has 0 unspecified atom stereocenters. The minimum Gasteiger partial charge on any atom is -0.456 e. The molecule has 246 valence electrons. The van der Waals surface area contributed by atoms with Crippen molar-refractivity contribution in [2.75, 3.05) is 0 Å². The molecule has 53 heavy (non-hydrogen) atoms. The Labute approximate surface area is 321 Å². The van der Waals surface area contributed by atoms with Gasteiger partial charge in [-0.15, -0.1) is 0 Å². The van der Waals surface area contributed by atoms with Crippen LogP contribution in [0.25, 0.3) is 110 Å². The zero-order valence-corrected chi connectivity index (χ0v) is 28.1. The lowest BCUT2D eigenvalue weighted by Crippen LogP contribution is -1.92. The topological polar surface area (TPSA) is 13.1 Å². The van der Waals surface area contributed by atoms with Crippen LogP contribution in [0, 0.1) is 0 Å². The van der Waals surface area contributed by atoms with Crippen LogP contribution in [-0.2, 0) is 0 Å². The lowest BCUT2D eigenvalue weighted by molar-refractivity contribution is 0.669. The lowest BCUT2D eigenvalue weighted by atomic mass is 9.84. The van der Waals surface area contributed by atoms with Crippen molar-refractivity contribution in [1.29, 1.82) is 0 Å². The standard InChI is InChI=1S/C52H32O/c1-3-13-33(14-4-1)37-23-24-38-27-40(31-45(46(38)28-37)34-15-5-2-6-16-34)52-43-21-11-9-19-41(43)51(42-20-10-12-22-44(42)52)39-25-26-49-47(30-39)48-29-35-17-7-8-18-36(35)32-50(48)53-49/h1-32H/i1D,3D,4D,13D,14D,23D,24D,27D,28D,31D. The van der Waals surface area contributed by atoms with Crippen LogP contribution < -0.4 is 0 Å². The van der Waals surface area contributed by atoms with Crippen molar-refractivity contribution in [3.8, 4) is 44.5 Å². The number of hydrogen-bond donors (Lipinski definition) is 0. The molecule has 1 heteroatoms. The van der Waals surface area contributed by atoms with E-state index in [-0.39, 0.29) is 45.1 Å². The third-order valence-corrected chi connectivity index (χ3v) is 10.2. The number of fused-ring (bicyclic) bond motifs is 7. The molecule has 0 aliphatic carbocycles. The summed E-state index contributed by atoms with van der Waals surface area (Å²) in [6, 6.07) is 38.5. The molecule has 0 spiro atoms. The van der Waals surface area contributed by atoms with Crippen LogP contribution in [0.4, 0.5) is 0 Å². The van der Waals surface area contributed by atoms with Gasteiger partial charge in [0.15, 0.2) is 0 Å². The Bertz CT molecular complexity index is 3710. The summed E-state index contributed by atoms with van der Waals surface area (Å²) >= 11 is 0. The number of furan rings is 1. The highest BCUT2D eigenvalue weighted by molar-refractivity contribution is 6.23. The van der Waals surface area contributed by atoms with Crippen molar-refractivity contribution in [2.24, 2.45) is 0 Å². The highest BCUT2D eigenvalue weighted by atomic mass is 16.3. The molecular formula is C52H32O. The largest absolute Gasteiger partial charge is 0.456 e. The number of rotatable bonds is 4. The summed E-state index contributed by atoms with van der Waals surface area (Å²) in [4.78, 5) is 0. The van der Waals surface area contributed by atoms with Gasteiger partial charge in [-0.05, 0) is 130 Å². The van der Waals surface area contributed by atoms with Gasteiger partial charge in [0.05, 0.1) is 13.7 Å². The highest BCUT2D eigenvalue weighted by Gasteiger charge is 2.19. The van der Waals surface area contributed by atoms with E-state index in [0.29, 0.717) is 11.1 Å². The Balaban J connectivity index is 1.25. The molecule has 0 atom stereocenters. The van der Waals surface area contributed by atoms with Crippen molar-refractivity contribution in [1.82, 2.24) is 0 Å². The van der Waals surface area contributed by atoms with Crippen molar-refractivity contribution < 1.29 is 18.1 Å². The SMILES string of the molecule is [2H]c1c([2H])c([2H])c(-c2c([2H])c([2H])c3c([2H])c(-c4c5ccccc5c(-c5ccc6oc7cc8ccccc8cc7c6c5)c5ccccc45)c([2H])c(-c4ccccc4)c3c2[2H])c([2H])c1[2H]. The van der Waals surface area contributed by atoms with Gasteiger partial charge in [-0.3, -0.25) is 0 Å². The molecule has 0 aliphatic heterocycles. The molecule has 10 aromatic carbocycles. The van der Waals surface area contributed by atoms with Gasteiger partial charge in [0.2, 0.25) is 0 Å². The quantitative estimate of drug-likeness (QED) is 0.168. The van der Waals surface area contributed by atoms with E-state index < -0.39 is 48.3 Å². The van der Waals surface area contributed by atoms with Gasteiger partial charge in [0.25, 0.3) is 0 Å². The van der Waals surface area contributed by atoms with Crippen LogP contribution in [0.15, 0.2) is 198 Å². The first-order valence-electron chi connectivity index (χ1n) is 22.4. The van der Waals surface area contributed by atoms with E-state index in [9.17, 15) is 6.85 Å². The van der Waals surface area contributed by atoms with Crippen molar-refractivity contribution in [3.05, 3.63) is 194 Å². The summed E-state index contributed by atoms with van der Waals surface area (Å²) < 4.78 is 97.3. The van der Waals surface area contributed by atoms with E-state index >= 15 is 0 Å². The summed E-state index contributed by atoms with van der Waals surface area (Å²) in [5.41, 5.74) is 4.30. The molecule has 0 saturated carbocycles. The fourth-order valence-corrected chi connectivity index (χ4v) is 7.80. The Kier molecular flexibility index (Phi) is 4.77. The second kappa shape index (κ2) is 11.8. The molecule has 1 heterocycles. The third kappa shape index (κ3) is 4.79. The molecular weight excluding hydrogens is 641 g/mol. The minimum atomic E-state index is -0.633. The Morgan fingerprint density at radius 2 is 0.962 bits per heavy atom. The number of hydrogen-bond acceptors (Lipinski definition) is 1. The maximum Gasteiger partial charge on any atom is 0.136 e. The first-order valence-corrected chi connectivity index (χ1v) is 17.4. The fourth-order valence-electron chi connectivity index (χ4n) is 7.80. The Hall–Kier alpha value is -6.96. The highest BCUT2D eigenvalue weighted by Crippen LogP contribution is 2.47. The fraction of sp³-hybridized carbons (Fsp3) is 0. The second-order valence-electron chi connectivity index (χ2n) is 13.2. The zero-order valence-electron chi connectivity index (χ0n) is 38.1. The zero-order chi connectivity index (χ0) is 43.6. The monoisotopic (exact) mass is 682 g/mol. The van der Waals surface area contributed by atoms with E-state index in [2.05, 4.69) is 36.4 Å². The maximum atomic E-state index is 10.1. The van der Waals surface area contributed by atoms with Gasteiger partial charge in [0.1, 0.15) is 11.2 Å². The van der Waals surface area contributed by atoms with Gasteiger partial charge in [-0.25, -0.2) is 0 Å². The molecule has 0 saturated heterocycles. The van der Waals surface area contributed by atoms with Gasteiger partial charge in [-0.2, -0.15) is 0 Å². The average molecular weight is 683 g/mol. The summed E-state index contributed by atoms with van der Waals surface area (Å²) in [6.07, 6.45) is 0. The summed E-state index contributed by atoms with van der Waals surface area (Å²) in [7, 11) is 0. The van der Waals surface area contributed by atoms with Crippen LogP contribution in [0.2, 0.25) is 0 Å². The number of benzene rings is 10. The van der Waals surface area contributed by atoms with E-state index in [1.54, 1.807) is 24.3 Å². The molecule has 1 aromatic heterocycles. The molecule has 0 radical (unpaired) electrons. The molecule has 0 amide bonds. The summed E-state index contributed by atoms with van der Waals surface area (Å²) in [5, 5.41) is 7.39. The van der Waals surface area contributed by atoms with E-state index in [4.69, 9.17) is 11.3 Å². The van der Waals surface area contributed by atoms with Gasteiger partial charge < -0.3 is 4.42 Å². The van der Waals surface area contributed by atoms with Crippen LogP contribution in [0.3, 0.4) is 0 Å². The molecule has 0 fully saturated rings. The van der Waals surface area contributed by atoms with Crippen LogP contribution in [0.1, 0.15) is 13.7 Å². The molecule has 0 N–H and O–H groups in total. The lowest BCUT2D eigenvalue weighted by Gasteiger charge is -2.19. The minimum absolute atomic E-state index is 0.0152. The normalized spacial score (nSPS) is 14.4. The van der Waals surface area contributed by atoms with E-state index in [1.165, 1.54) is 0 Å². The predicted octanol–water partition coefficient (Wildman–Crippen LogP) is 14.9. The predicted molar refractivity (Wildman–Crippen MR) is 225 cm³/mol. The molecule has 0 bridgehead atoms. The van der Waals surface area contributed by atoms with Crippen LogP contribution in [-0.4, -0.2) is 0 Å². The first kappa shape index (κ1) is 21.4. The molecule has 11 aromatic rings. The summed E-state index contributed by atoms with van der Waals surface area (Å²) in [5.74, 6) is 0. The Morgan fingerprint density at radius 3 is 1.68 bits per heavy atom. The smallest absolute Gasteiger partial charge is 0.136 e. The third-order valence-electron chi connectivity index (χ3n) is 10.2. The maximum absolute atomic E-state index is 10.1. The molecule has 11 rings (SSSR count). The first-order chi connectivity index (χ1) is 30.5. The van der Waals surface area contributed by atoms with Crippen LogP contribution >= 0.6 is 0 Å². The van der Waals surface area contributed by atoms with E-state index in [0.717, 1.165) is 65.4 Å². The van der Waals surface area contributed by atoms with Gasteiger partial charge in [-0.1, -0.05) is 151 Å². The van der Waals surface area contributed by atoms with Crippen molar-refractivity contribution >= 4 is 65.0 Å². The van der Waals surface area contributed by atoms with E-state index in [1.807, 2.05) is 72.8 Å². The Morgan fingerprint density at radius 1 is 0.340 bits per heavy atom. The van der Waals surface area contributed by atoms with Gasteiger partial charge in [0, 0.05) is 10.8 Å².